The van der Waals surface area contributed by atoms with Crippen LogP contribution in [-0.4, -0.2) is 15.2 Å². The second-order valence-corrected chi connectivity index (χ2v) is 3.41. The predicted octanol–water partition coefficient (Wildman–Crippen LogP) is 1.69. The second kappa shape index (κ2) is 5.53. The molecule has 0 fully saturated rings. The van der Waals surface area contributed by atoms with Crippen LogP contribution in [0.4, 0.5) is 0 Å². The zero-order valence-electron chi connectivity index (χ0n) is 4.83. The molecule has 0 saturated carbocycles. The minimum atomic E-state index is 0.403. The summed E-state index contributed by atoms with van der Waals surface area (Å²) in [7, 11) is 0. The molecule has 0 aromatic rings. The summed E-state index contributed by atoms with van der Waals surface area (Å²) in [6, 6.07) is 0. The van der Waals surface area contributed by atoms with E-state index in [2.05, 4.69) is 12.7 Å². The van der Waals surface area contributed by atoms with Crippen molar-refractivity contribution in [2.24, 2.45) is 0 Å². The summed E-state index contributed by atoms with van der Waals surface area (Å²) in [5.74, 6) is 2.37. The van der Waals surface area contributed by atoms with Crippen molar-refractivity contribution in [2.45, 2.75) is 30.8 Å². The summed E-state index contributed by atoms with van der Waals surface area (Å²) < 4.78 is 0. The lowest BCUT2D eigenvalue weighted by molar-refractivity contribution is 0.880. The molecule has 0 N–H and O–H groups in total. The highest BCUT2D eigenvalue weighted by atomic mass is 27.1. The lowest BCUT2D eigenvalue weighted by Crippen LogP contribution is -1.76. The highest BCUT2D eigenvalue weighted by Crippen LogP contribution is 1.90. The molecule has 1 heteroatoms. The Morgan fingerprint density at radius 1 is 1.50 bits per heavy atom. The van der Waals surface area contributed by atoms with Gasteiger partial charge >= 0.3 is 0 Å². The number of unbranched alkanes of at least 4 members (excludes halogenated alkanes) is 1. The molecule has 0 bridgehead atoms. The van der Waals surface area contributed by atoms with E-state index in [0.717, 1.165) is 0 Å². The molecule has 0 spiro atoms. The zero-order valence-corrected chi connectivity index (χ0v) is 6.24. The minimum absolute atomic E-state index is 0.403. The fourth-order valence-electron chi connectivity index (χ4n) is 0.500. The van der Waals surface area contributed by atoms with Gasteiger partial charge in [0.05, 0.1) is 0 Å². The number of rotatable bonds is 3. The molecule has 0 aliphatic carbocycles. The van der Waals surface area contributed by atoms with Gasteiger partial charge in [-0.15, -0.1) is 5.79 Å². The molecule has 0 saturated heterocycles. The fraction of sp³-hybridized carbons (Fsp3) is 1.00. The van der Waals surface area contributed by atoms with E-state index in [9.17, 15) is 0 Å². The van der Waals surface area contributed by atoms with Crippen molar-refractivity contribution >= 4 is 15.2 Å². The highest BCUT2D eigenvalue weighted by Gasteiger charge is 1.79. The van der Waals surface area contributed by atoms with Crippen molar-refractivity contribution in [2.75, 3.05) is 0 Å². The second-order valence-electron chi connectivity index (χ2n) is 1.71. The summed E-state index contributed by atoms with van der Waals surface area (Å²) in [6.07, 6.45) is 2.86. The molecule has 0 heterocycles. The maximum Gasteiger partial charge on any atom is 0.233 e. The van der Waals surface area contributed by atoms with Gasteiger partial charge in [-0.25, -0.2) is 0 Å². The van der Waals surface area contributed by atoms with Gasteiger partial charge in [0.1, 0.15) is 0 Å². The third kappa shape index (κ3) is 4.53. The molecule has 6 heavy (non-hydrogen) atoms. The van der Waals surface area contributed by atoms with Gasteiger partial charge in [-0.3, -0.25) is 0 Å². The number of hydrogen-bond acceptors (Lipinski definition) is 0. The minimum Gasteiger partial charge on any atom is -0.109 e. The van der Waals surface area contributed by atoms with E-state index in [4.69, 9.17) is 0 Å². The van der Waals surface area contributed by atoms with Crippen LogP contribution < -0.4 is 0 Å². The van der Waals surface area contributed by atoms with Crippen LogP contribution in [0.5, 0.6) is 0 Å². The summed E-state index contributed by atoms with van der Waals surface area (Å²) in [6.45, 7) is 2.25. The quantitative estimate of drug-likeness (QED) is 0.374. The largest absolute Gasteiger partial charge is 0.233 e. The van der Waals surface area contributed by atoms with Crippen molar-refractivity contribution in [3.8, 4) is 0 Å². The standard InChI is InChI=1S/C4H9.CH3.Al.H/c1-3-4-2;;;/h1,3-4H2,2H3;1H3;;. The SMILES string of the molecule is CCC[CH2][AlH][CH3]. The van der Waals surface area contributed by atoms with Gasteiger partial charge in [0.2, 0.25) is 15.2 Å². The van der Waals surface area contributed by atoms with Crippen LogP contribution in [0.1, 0.15) is 19.8 Å². The Hall–Kier alpha value is 0.532. The molecule has 0 aromatic heterocycles. The fourth-order valence-corrected chi connectivity index (χ4v) is 1.50. The van der Waals surface area contributed by atoms with Crippen molar-refractivity contribution in [3.63, 3.8) is 0 Å². The molecular formula is C5H13Al. The van der Waals surface area contributed by atoms with Gasteiger partial charge in [-0.2, -0.15) is 0 Å². The average Bonchev–Trinajstić information content (AvgIpc) is 1.61. The molecular weight excluding hydrogens is 87.0 g/mol. The van der Waals surface area contributed by atoms with Crippen molar-refractivity contribution in [1.82, 2.24) is 0 Å². The van der Waals surface area contributed by atoms with Gasteiger partial charge in [0.15, 0.2) is 0 Å². The van der Waals surface area contributed by atoms with E-state index >= 15 is 0 Å². The van der Waals surface area contributed by atoms with Crippen LogP contribution in [0.2, 0.25) is 11.1 Å². The van der Waals surface area contributed by atoms with Crippen molar-refractivity contribution < 1.29 is 0 Å². The van der Waals surface area contributed by atoms with E-state index in [1.165, 1.54) is 12.8 Å². The topological polar surface area (TPSA) is 0 Å². The van der Waals surface area contributed by atoms with Gasteiger partial charge in [0, 0.05) is 0 Å². The monoisotopic (exact) mass is 100 g/mol. The molecule has 0 nitrogen and oxygen atoms in total. The third-order valence-corrected chi connectivity index (χ3v) is 2.16. The first-order valence-electron chi connectivity index (χ1n) is 2.91. The Balaban J connectivity index is 2.34. The third-order valence-electron chi connectivity index (χ3n) is 0.957. The Labute approximate surface area is 46.7 Å². The van der Waals surface area contributed by atoms with Gasteiger partial charge in [0.25, 0.3) is 0 Å². The van der Waals surface area contributed by atoms with Crippen LogP contribution in [-0.2, 0) is 0 Å². The maximum atomic E-state index is 2.37. The molecule has 0 rings (SSSR count). The summed E-state index contributed by atoms with van der Waals surface area (Å²) in [4.78, 5) is 0. The van der Waals surface area contributed by atoms with E-state index < -0.39 is 0 Å². The first-order chi connectivity index (χ1) is 2.91. The molecule has 0 aliphatic rings. The Kier molecular flexibility index (Phi) is 6.02. The van der Waals surface area contributed by atoms with Crippen LogP contribution in [0, 0.1) is 0 Å². The Bertz CT molecular complexity index is 15.9. The lowest BCUT2D eigenvalue weighted by atomic mass is 10.4. The van der Waals surface area contributed by atoms with E-state index in [-0.39, 0.29) is 0 Å². The smallest absolute Gasteiger partial charge is 0.109 e. The normalized spacial score (nSPS) is 8.33. The van der Waals surface area contributed by atoms with Crippen LogP contribution in [0.3, 0.4) is 0 Å². The maximum absolute atomic E-state index is 2.37. The molecule has 0 radical (unpaired) electrons. The van der Waals surface area contributed by atoms with Gasteiger partial charge < -0.3 is 0 Å². The van der Waals surface area contributed by atoms with Crippen LogP contribution >= 0.6 is 0 Å². The Morgan fingerprint density at radius 3 is 2.33 bits per heavy atom. The van der Waals surface area contributed by atoms with E-state index in [1.54, 1.807) is 5.28 Å². The number of hydrogen-bond donors (Lipinski definition) is 0. The Morgan fingerprint density at radius 2 is 2.17 bits per heavy atom. The zero-order chi connectivity index (χ0) is 4.83. The molecule has 0 amide bonds. The first kappa shape index (κ1) is 6.53. The molecule has 36 valence electrons. The lowest BCUT2D eigenvalue weighted by Gasteiger charge is -1.83. The van der Waals surface area contributed by atoms with Crippen LogP contribution in [0.15, 0.2) is 0 Å². The first-order valence-corrected chi connectivity index (χ1v) is 5.33. The highest BCUT2D eigenvalue weighted by molar-refractivity contribution is 6.33. The summed E-state index contributed by atoms with van der Waals surface area (Å²) >= 11 is 0.403. The van der Waals surface area contributed by atoms with E-state index in [1.807, 2.05) is 0 Å². The van der Waals surface area contributed by atoms with Gasteiger partial charge in [-0.05, 0) is 0 Å². The van der Waals surface area contributed by atoms with Gasteiger partial charge in [-0.1, -0.05) is 25.0 Å². The molecule has 0 atom stereocenters. The van der Waals surface area contributed by atoms with Crippen LogP contribution in [0.25, 0.3) is 0 Å². The molecule has 0 aliphatic heterocycles. The summed E-state index contributed by atoms with van der Waals surface area (Å²) in [5.41, 5.74) is 0. The van der Waals surface area contributed by atoms with Crippen molar-refractivity contribution in [1.29, 1.82) is 0 Å². The van der Waals surface area contributed by atoms with E-state index in [0.29, 0.717) is 15.2 Å². The summed E-state index contributed by atoms with van der Waals surface area (Å²) in [5, 5.41) is 1.55. The average molecular weight is 100 g/mol. The predicted molar refractivity (Wildman–Crippen MR) is 32.7 cm³/mol. The molecule has 0 aromatic carbocycles. The molecule has 0 unspecified atom stereocenters. The van der Waals surface area contributed by atoms with Crippen molar-refractivity contribution in [3.05, 3.63) is 0 Å².